The topological polar surface area (TPSA) is 13.1 Å². The second-order valence-electron chi connectivity index (χ2n) is 2.41. The second kappa shape index (κ2) is 7.19. The van der Waals surface area contributed by atoms with Crippen LogP contribution in [0.3, 0.4) is 0 Å². The lowest BCUT2D eigenvalue weighted by molar-refractivity contribution is 0.613. The van der Waals surface area contributed by atoms with Crippen LogP contribution in [0.4, 0.5) is 0 Å². The zero-order valence-corrected chi connectivity index (χ0v) is 9.79. The second-order valence-corrected chi connectivity index (χ2v) is 2.41. The van der Waals surface area contributed by atoms with Crippen molar-refractivity contribution in [3.8, 4) is 0 Å². The highest BCUT2D eigenvalue weighted by molar-refractivity contribution is 5.79. The van der Waals surface area contributed by atoms with Gasteiger partial charge >= 0.3 is 0 Å². The van der Waals surface area contributed by atoms with Crippen LogP contribution < -0.4 is 0 Å². The molecule has 0 radical (unpaired) electrons. The zero-order valence-electron chi connectivity index (χ0n) is 9.79. The predicted molar refractivity (Wildman–Crippen MR) is 63.6 cm³/mol. The summed E-state index contributed by atoms with van der Waals surface area (Å²) in [6, 6.07) is 8.10. The molecular formula is C13H20O. The van der Waals surface area contributed by atoms with E-state index in [0.29, 0.717) is 0 Å². The molecule has 0 saturated heterocycles. The Labute approximate surface area is 86.7 Å². The quantitative estimate of drug-likeness (QED) is 0.584. The fourth-order valence-corrected chi connectivity index (χ4v) is 1.14. The Kier molecular flexibility index (Phi) is 6.55. The molecule has 0 aliphatic rings. The van der Waals surface area contributed by atoms with Gasteiger partial charge in [-0.05, 0) is 18.6 Å². The summed E-state index contributed by atoms with van der Waals surface area (Å²) < 4.78 is 5.25. The molecule has 0 aliphatic heterocycles. The number of para-hydroxylation sites is 1. The van der Waals surface area contributed by atoms with Crippen molar-refractivity contribution in [3.63, 3.8) is 0 Å². The maximum absolute atomic E-state index is 5.25. The summed E-state index contributed by atoms with van der Waals surface area (Å²) in [5.74, 6) is 0. The van der Waals surface area contributed by atoms with Crippen LogP contribution in [0, 0.1) is 6.92 Å². The fraction of sp³-hybridized carbons (Fsp3) is 0.385. The van der Waals surface area contributed by atoms with Gasteiger partial charge in [0.25, 0.3) is 0 Å². The third-order valence-electron chi connectivity index (χ3n) is 1.68. The average Bonchev–Trinajstić information content (AvgIpc) is 2.73. The van der Waals surface area contributed by atoms with E-state index in [1.807, 2.05) is 58.9 Å². The highest BCUT2D eigenvalue weighted by atomic mass is 16.3. The van der Waals surface area contributed by atoms with Gasteiger partial charge in [0, 0.05) is 5.39 Å². The molecule has 1 aromatic heterocycles. The Balaban J connectivity index is 0.000000379. The minimum atomic E-state index is 1.00. The van der Waals surface area contributed by atoms with Crippen LogP contribution in [0.15, 0.2) is 34.9 Å². The average molecular weight is 192 g/mol. The number of hydrogen-bond acceptors (Lipinski definition) is 1. The molecule has 78 valence electrons. The van der Waals surface area contributed by atoms with Crippen LogP contribution in [-0.4, -0.2) is 0 Å². The first-order valence-electron chi connectivity index (χ1n) is 5.31. The first kappa shape index (κ1) is 12.8. The number of benzene rings is 1. The van der Waals surface area contributed by atoms with Gasteiger partial charge in [-0.3, -0.25) is 0 Å². The van der Waals surface area contributed by atoms with E-state index in [9.17, 15) is 0 Å². The van der Waals surface area contributed by atoms with E-state index in [4.69, 9.17) is 4.42 Å². The summed E-state index contributed by atoms with van der Waals surface area (Å²) >= 11 is 0. The van der Waals surface area contributed by atoms with Gasteiger partial charge in [0.1, 0.15) is 5.58 Å². The molecular weight excluding hydrogens is 172 g/mol. The van der Waals surface area contributed by atoms with Crippen molar-refractivity contribution in [1.29, 1.82) is 0 Å². The van der Waals surface area contributed by atoms with E-state index in [1.165, 1.54) is 10.9 Å². The van der Waals surface area contributed by atoms with Crippen molar-refractivity contribution in [2.45, 2.75) is 34.6 Å². The SMILES string of the molecule is CC.CC.Cc1cccc2ccoc12. The standard InChI is InChI=1S/C9H8O.2C2H6/c1-7-3-2-4-8-5-6-10-9(7)8;2*1-2/h2-6H,1H3;2*1-2H3. The Morgan fingerprint density at radius 3 is 2.14 bits per heavy atom. The van der Waals surface area contributed by atoms with Crippen molar-refractivity contribution >= 4 is 11.0 Å². The molecule has 0 aliphatic carbocycles. The molecule has 2 aromatic rings. The third kappa shape index (κ3) is 2.91. The number of rotatable bonds is 0. The number of hydrogen-bond donors (Lipinski definition) is 0. The first-order chi connectivity index (χ1) is 6.88. The van der Waals surface area contributed by atoms with Gasteiger partial charge in [-0.2, -0.15) is 0 Å². The summed E-state index contributed by atoms with van der Waals surface area (Å²) in [7, 11) is 0. The van der Waals surface area contributed by atoms with Crippen LogP contribution in [0.5, 0.6) is 0 Å². The summed E-state index contributed by atoms with van der Waals surface area (Å²) in [5.41, 5.74) is 2.20. The van der Waals surface area contributed by atoms with Crippen LogP contribution >= 0.6 is 0 Å². The molecule has 0 amide bonds. The van der Waals surface area contributed by atoms with Gasteiger partial charge in [0.15, 0.2) is 0 Å². The van der Waals surface area contributed by atoms with E-state index in [1.54, 1.807) is 6.26 Å². The van der Waals surface area contributed by atoms with E-state index >= 15 is 0 Å². The molecule has 0 saturated carbocycles. The van der Waals surface area contributed by atoms with Gasteiger partial charge < -0.3 is 4.42 Å². The van der Waals surface area contributed by atoms with Crippen LogP contribution in [-0.2, 0) is 0 Å². The maximum Gasteiger partial charge on any atom is 0.136 e. The van der Waals surface area contributed by atoms with Gasteiger partial charge in [-0.15, -0.1) is 0 Å². The molecule has 14 heavy (non-hydrogen) atoms. The number of aryl methyl sites for hydroxylation is 1. The Morgan fingerprint density at radius 1 is 0.929 bits per heavy atom. The minimum absolute atomic E-state index is 1.00. The van der Waals surface area contributed by atoms with Crippen molar-refractivity contribution in [1.82, 2.24) is 0 Å². The first-order valence-corrected chi connectivity index (χ1v) is 5.31. The molecule has 0 atom stereocenters. The summed E-state index contributed by atoms with van der Waals surface area (Å²) in [5, 5.41) is 1.18. The molecule has 1 nitrogen and oxygen atoms in total. The van der Waals surface area contributed by atoms with E-state index < -0.39 is 0 Å². The molecule has 0 N–H and O–H groups in total. The molecule has 1 heteroatoms. The van der Waals surface area contributed by atoms with Crippen LogP contribution in [0.25, 0.3) is 11.0 Å². The molecule has 0 bridgehead atoms. The number of furan rings is 1. The maximum atomic E-state index is 5.25. The molecule has 1 aromatic carbocycles. The predicted octanol–water partition coefficient (Wildman–Crippen LogP) is 4.79. The smallest absolute Gasteiger partial charge is 0.136 e. The lowest BCUT2D eigenvalue weighted by atomic mass is 10.2. The normalized spacial score (nSPS) is 8.36. The van der Waals surface area contributed by atoms with Crippen LogP contribution in [0.2, 0.25) is 0 Å². The lowest BCUT2D eigenvalue weighted by Gasteiger charge is -1.90. The van der Waals surface area contributed by atoms with Crippen molar-refractivity contribution in [2.75, 3.05) is 0 Å². The largest absolute Gasteiger partial charge is 0.464 e. The van der Waals surface area contributed by atoms with Crippen molar-refractivity contribution in [3.05, 3.63) is 36.1 Å². The molecule has 2 rings (SSSR count). The summed E-state index contributed by atoms with van der Waals surface area (Å²) in [4.78, 5) is 0. The summed E-state index contributed by atoms with van der Waals surface area (Å²) in [6.45, 7) is 10.0. The van der Waals surface area contributed by atoms with Gasteiger partial charge in [0.2, 0.25) is 0 Å². The third-order valence-corrected chi connectivity index (χ3v) is 1.68. The number of fused-ring (bicyclic) bond motifs is 1. The molecule has 0 fully saturated rings. The van der Waals surface area contributed by atoms with Gasteiger partial charge in [0.05, 0.1) is 6.26 Å². The Morgan fingerprint density at radius 2 is 1.57 bits per heavy atom. The lowest BCUT2D eigenvalue weighted by Crippen LogP contribution is -1.69. The van der Waals surface area contributed by atoms with E-state index in [2.05, 4.69) is 0 Å². The van der Waals surface area contributed by atoms with E-state index in [-0.39, 0.29) is 0 Å². The molecule has 0 unspecified atom stereocenters. The zero-order chi connectivity index (χ0) is 11.0. The van der Waals surface area contributed by atoms with Gasteiger partial charge in [-0.1, -0.05) is 45.9 Å². The highest BCUT2D eigenvalue weighted by Gasteiger charge is 1.96. The van der Waals surface area contributed by atoms with Crippen molar-refractivity contribution < 1.29 is 4.42 Å². The highest BCUT2D eigenvalue weighted by Crippen LogP contribution is 2.18. The molecule has 0 spiro atoms. The Hall–Kier alpha value is -1.24. The minimum Gasteiger partial charge on any atom is -0.464 e. The van der Waals surface area contributed by atoms with Crippen molar-refractivity contribution in [2.24, 2.45) is 0 Å². The van der Waals surface area contributed by atoms with E-state index in [0.717, 1.165) is 5.58 Å². The fourth-order valence-electron chi connectivity index (χ4n) is 1.14. The van der Waals surface area contributed by atoms with Crippen LogP contribution in [0.1, 0.15) is 33.3 Å². The molecule has 1 heterocycles. The summed E-state index contributed by atoms with van der Waals surface area (Å²) in [6.07, 6.45) is 1.72. The monoisotopic (exact) mass is 192 g/mol. The van der Waals surface area contributed by atoms with Gasteiger partial charge in [-0.25, -0.2) is 0 Å². The Bertz CT molecular complexity index is 347.